The molecule has 1 fully saturated rings. The predicted molar refractivity (Wildman–Crippen MR) is 114 cm³/mol. The minimum atomic E-state index is -1.81. The summed E-state index contributed by atoms with van der Waals surface area (Å²) < 4.78 is 14.0. The van der Waals surface area contributed by atoms with Crippen molar-refractivity contribution in [3.63, 3.8) is 0 Å². The van der Waals surface area contributed by atoms with E-state index in [0.29, 0.717) is 48.5 Å². The summed E-state index contributed by atoms with van der Waals surface area (Å²) in [4.78, 5) is 14.4. The fourth-order valence-electron chi connectivity index (χ4n) is 2.56. The third-order valence-corrected chi connectivity index (χ3v) is 5.07. The second-order valence-electron chi connectivity index (χ2n) is 5.95. The molecule has 1 heterocycles. The van der Waals surface area contributed by atoms with Crippen molar-refractivity contribution in [1.82, 2.24) is 15.5 Å². The highest BCUT2D eigenvalue weighted by Crippen LogP contribution is 2.30. The summed E-state index contributed by atoms with van der Waals surface area (Å²) in [5.74, 6) is 0.784. The van der Waals surface area contributed by atoms with Crippen LogP contribution in [0.1, 0.15) is 5.56 Å². The number of carbonyl (C=O) groups is 1. The van der Waals surface area contributed by atoms with Crippen LogP contribution in [0.4, 0.5) is 0 Å². The molecule has 1 aliphatic heterocycles. The van der Waals surface area contributed by atoms with Crippen LogP contribution >= 0.6 is 47.0 Å². The summed E-state index contributed by atoms with van der Waals surface area (Å²) in [7, 11) is 3.07. The fourth-order valence-corrected chi connectivity index (χ4v) is 3.19. The van der Waals surface area contributed by atoms with E-state index in [9.17, 15) is 4.79 Å². The molecule has 28 heavy (non-hydrogen) atoms. The van der Waals surface area contributed by atoms with Crippen molar-refractivity contribution >= 4 is 58.0 Å². The van der Waals surface area contributed by atoms with E-state index in [0.717, 1.165) is 0 Å². The Hall–Kier alpha value is -1.19. The summed E-state index contributed by atoms with van der Waals surface area (Å²) in [6.45, 7) is 2.36. The Bertz CT molecular complexity index is 697. The largest absolute Gasteiger partial charge is 0.497 e. The van der Waals surface area contributed by atoms with Crippen LogP contribution in [0.15, 0.2) is 18.2 Å². The highest BCUT2D eigenvalue weighted by atomic mass is 35.6. The molecular weight excluding hydrogens is 449 g/mol. The monoisotopic (exact) mass is 469 g/mol. The first-order chi connectivity index (χ1) is 13.2. The van der Waals surface area contributed by atoms with Crippen molar-refractivity contribution in [2.75, 3.05) is 40.5 Å². The van der Waals surface area contributed by atoms with Gasteiger partial charge in [0.2, 0.25) is 9.70 Å². The van der Waals surface area contributed by atoms with Gasteiger partial charge in [-0.1, -0.05) is 40.9 Å². The van der Waals surface area contributed by atoms with Gasteiger partial charge in [0.15, 0.2) is 5.11 Å². The molecule has 11 heteroatoms. The molecule has 2 N–H and O–H groups in total. The molecule has 156 valence electrons. The number of nitrogens with one attached hydrogen (secondary N) is 2. The van der Waals surface area contributed by atoms with Crippen molar-refractivity contribution in [2.45, 2.75) is 16.4 Å². The first kappa shape index (κ1) is 23.1. The number of rotatable bonds is 6. The van der Waals surface area contributed by atoms with Crippen molar-refractivity contribution in [3.05, 3.63) is 23.8 Å². The molecule has 0 saturated carbocycles. The van der Waals surface area contributed by atoms with Crippen LogP contribution in [0, 0.1) is 0 Å². The second-order valence-corrected chi connectivity index (χ2v) is 8.70. The number of morpholine rings is 1. The van der Waals surface area contributed by atoms with E-state index in [2.05, 4.69) is 10.6 Å². The number of ether oxygens (including phenoxy) is 3. The number of amides is 1. The van der Waals surface area contributed by atoms with E-state index in [1.807, 2.05) is 4.90 Å². The summed E-state index contributed by atoms with van der Waals surface area (Å²) in [5.41, 5.74) is 0.666. The number of hydrogen-bond acceptors (Lipinski definition) is 5. The molecule has 1 saturated heterocycles. The molecule has 0 spiro atoms. The minimum Gasteiger partial charge on any atom is -0.497 e. The Balaban J connectivity index is 2.03. The lowest BCUT2D eigenvalue weighted by Gasteiger charge is -2.34. The van der Waals surface area contributed by atoms with Gasteiger partial charge in [0.25, 0.3) is 0 Å². The first-order valence-corrected chi connectivity index (χ1v) is 9.99. The number of thiocarbonyl (C=S) groups is 1. The number of methoxy groups -OCH3 is 2. The maximum atomic E-state index is 12.6. The van der Waals surface area contributed by atoms with Gasteiger partial charge >= 0.3 is 0 Å². The topological polar surface area (TPSA) is 72.1 Å². The van der Waals surface area contributed by atoms with Gasteiger partial charge in [-0.3, -0.25) is 4.79 Å². The van der Waals surface area contributed by atoms with Gasteiger partial charge in [-0.05, 0) is 18.3 Å². The molecule has 0 bridgehead atoms. The second kappa shape index (κ2) is 10.5. The Morgan fingerprint density at radius 3 is 2.50 bits per heavy atom. The van der Waals surface area contributed by atoms with Crippen LogP contribution in [0.25, 0.3) is 0 Å². The van der Waals surface area contributed by atoms with Gasteiger partial charge in [0.05, 0.1) is 33.9 Å². The quantitative estimate of drug-likeness (QED) is 0.375. The number of benzene rings is 1. The molecule has 1 unspecified atom stereocenters. The number of nitrogens with zero attached hydrogens (tertiary/aromatic N) is 1. The Labute approximate surface area is 184 Å². The highest BCUT2D eigenvalue weighted by Gasteiger charge is 2.35. The number of carbonyl (C=O) groups excluding carboxylic acids is 1. The number of hydrogen-bond donors (Lipinski definition) is 2. The van der Waals surface area contributed by atoms with Crippen LogP contribution < -0.4 is 20.1 Å². The van der Waals surface area contributed by atoms with Gasteiger partial charge in [0.1, 0.15) is 17.7 Å². The van der Waals surface area contributed by atoms with Gasteiger partial charge in [-0.15, -0.1) is 0 Å². The Morgan fingerprint density at radius 2 is 1.93 bits per heavy atom. The molecule has 1 amide bonds. The van der Waals surface area contributed by atoms with Gasteiger partial charge in [0, 0.05) is 24.7 Å². The van der Waals surface area contributed by atoms with Crippen molar-refractivity contribution in [1.29, 1.82) is 0 Å². The third-order valence-electron chi connectivity index (χ3n) is 4.04. The smallest absolute Gasteiger partial charge is 0.228 e. The third kappa shape index (κ3) is 6.70. The fraction of sp³-hybridized carbons (Fsp3) is 0.529. The number of halogens is 3. The maximum Gasteiger partial charge on any atom is 0.228 e. The van der Waals surface area contributed by atoms with Crippen LogP contribution in [-0.2, 0) is 16.0 Å². The van der Waals surface area contributed by atoms with E-state index in [4.69, 9.17) is 61.2 Å². The summed E-state index contributed by atoms with van der Waals surface area (Å²) in [5, 5.41) is 5.97. The van der Waals surface area contributed by atoms with Gasteiger partial charge < -0.3 is 29.7 Å². The Morgan fingerprint density at radius 1 is 1.25 bits per heavy atom. The SMILES string of the molecule is COc1ccc(CC(=O)NC(NC(=S)N2CCOCC2)C(Cl)(Cl)Cl)c(OC)c1. The standard InChI is InChI=1S/C17H22Cl3N3O4S/c1-25-12-4-3-11(13(10-12)26-2)9-14(24)21-15(17(18,19)20)22-16(28)23-5-7-27-8-6-23/h3-4,10,15H,5-9H2,1-2H3,(H,21,24)(H,22,28). The molecule has 2 rings (SSSR count). The Kier molecular flexibility index (Phi) is 8.70. The van der Waals surface area contributed by atoms with E-state index in [1.165, 1.54) is 7.11 Å². The van der Waals surface area contributed by atoms with Crippen molar-refractivity contribution in [3.8, 4) is 11.5 Å². The van der Waals surface area contributed by atoms with Crippen LogP contribution in [0.5, 0.6) is 11.5 Å². The van der Waals surface area contributed by atoms with E-state index < -0.39 is 9.96 Å². The van der Waals surface area contributed by atoms with Crippen LogP contribution in [0.3, 0.4) is 0 Å². The van der Waals surface area contributed by atoms with Crippen LogP contribution in [0.2, 0.25) is 0 Å². The average Bonchev–Trinajstić information content (AvgIpc) is 2.67. The lowest BCUT2D eigenvalue weighted by Crippen LogP contribution is -2.59. The van der Waals surface area contributed by atoms with Crippen molar-refractivity contribution < 1.29 is 19.0 Å². The van der Waals surface area contributed by atoms with Gasteiger partial charge in [-0.25, -0.2) is 0 Å². The molecule has 1 aromatic carbocycles. The number of alkyl halides is 3. The zero-order valence-electron chi connectivity index (χ0n) is 15.5. The lowest BCUT2D eigenvalue weighted by molar-refractivity contribution is -0.121. The zero-order chi connectivity index (χ0) is 20.7. The molecule has 7 nitrogen and oxygen atoms in total. The maximum absolute atomic E-state index is 12.6. The predicted octanol–water partition coefficient (Wildman–Crippen LogP) is 2.27. The molecular formula is C17H22Cl3N3O4S. The lowest BCUT2D eigenvalue weighted by atomic mass is 10.1. The van der Waals surface area contributed by atoms with E-state index in [-0.39, 0.29) is 12.3 Å². The molecule has 0 aromatic heterocycles. The summed E-state index contributed by atoms with van der Waals surface area (Å²) >= 11 is 23.5. The van der Waals surface area contributed by atoms with Crippen LogP contribution in [-0.4, -0.2) is 66.4 Å². The van der Waals surface area contributed by atoms with E-state index >= 15 is 0 Å². The minimum absolute atomic E-state index is 0.0242. The molecule has 1 aliphatic rings. The zero-order valence-corrected chi connectivity index (χ0v) is 18.6. The summed E-state index contributed by atoms with van der Waals surface area (Å²) in [6, 6.07) is 5.18. The summed E-state index contributed by atoms with van der Waals surface area (Å²) in [6.07, 6.45) is -0.985. The van der Waals surface area contributed by atoms with Gasteiger partial charge in [-0.2, -0.15) is 0 Å². The van der Waals surface area contributed by atoms with E-state index in [1.54, 1.807) is 25.3 Å². The molecule has 0 radical (unpaired) electrons. The molecule has 1 atom stereocenters. The molecule has 0 aliphatic carbocycles. The molecule has 1 aromatic rings. The normalized spacial score (nSPS) is 15.5. The van der Waals surface area contributed by atoms with Crippen molar-refractivity contribution in [2.24, 2.45) is 0 Å². The first-order valence-electron chi connectivity index (χ1n) is 8.44. The average molecular weight is 471 g/mol. The highest BCUT2D eigenvalue weighted by molar-refractivity contribution is 7.80.